The van der Waals surface area contributed by atoms with Crippen molar-refractivity contribution >= 4 is 27.5 Å². The molecule has 0 aliphatic heterocycles. The van der Waals surface area contributed by atoms with Crippen LogP contribution in [0.4, 0.5) is 5.69 Å². The summed E-state index contributed by atoms with van der Waals surface area (Å²) in [4.78, 5) is 0. The molecule has 120 valence electrons. The smallest absolute Gasteiger partial charge is 0.0891 e. The van der Waals surface area contributed by atoms with Crippen LogP contribution in [0.5, 0.6) is 0 Å². The van der Waals surface area contributed by atoms with Crippen LogP contribution < -0.4 is 5.32 Å². The van der Waals surface area contributed by atoms with Crippen molar-refractivity contribution in [3.05, 3.63) is 78.9 Å². The van der Waals surface area contributed by atoms with Crippen molar-refractivity contribution in [2.75, 3.05) is 11.9 Å². The number of rotatable bonds is 5. The molecular weight excluding hydrogens is 296 g/mol. The van der Waals surface area contributed by atoms with Crippen LogP contribution in [0.15, 0.2) is 78.9 Å². The van der Waals surface area contributed by atoms with Crippen LogP contribution in [0.25, 0.3) is 21.8 Å². The van der Waals surface area contributed by atoms with Crippen molar-refractivity contribution in [2.24, 2.45) is 0 Å². The first-order chi connectivity index (χ1) is 11.8. The molecule has 0 aliphatic rings. The molecule has 4 rings (SSSR count). The van der Waals surface area contributed by atoms with Crippen molar-refractivity contribution in [3.8, 4) is 0 Å². The molecule has 0 aliphatic carbocycles. The van der Waals surface area contributed by atoms with E-state index in [1.165, 1.54) is 10.8 Å². The van der Waals surface area contributed by atoms with E-state index in [4.69, 9.17) is 0 Å². The molecule has 1 atom stereocenters. The lowest BCUT2D eigenvalue weighted by atomic mass is 10.2. The van der Waals surface area contributed by atoms with Gasteiger partial charge in [-0.3, -0.25) is 0 Å². The summed E-state index contributed by atoms with van der Waals surface area (Å²) in [7, 11) is 0. The van der Waals surface area contributed by atoms with E-state index in [2.05, 4.69) is 46.3 Å². The minimum atomic E-state index is -0.468. The normalized spacial score (nSPS) is 12.5. The Labute approximate surface area is 141 Å². The molecule has 2 N–H and O–H groups in total. The molecular formula is C21H20N2O. The summed E-state index contributed by atoms with van der Waals surface area (Å²) in [6.45, 7) is 1.08. The van der Waals surface area contributed by atoms with Gasteiger partial charge in [0.25, 0.3) is 0 Å². The fourth-order valence-electron chi connectivity index (χ4n) is 3.27. The summed E-state index contributed by atoms with van der Waals surface area (Å²) in [5.74, 6) is 0. The van der Waals surface area contributed by atoms with Crippen LogP contribution in [-0.4, -0.2) is 22.3 Å². The van der Waals surface area contributed by atoms with E-state index in [9.17, 15) is 5.11 Å². The molecule has 0 bridgehead atoms. The van der Waals surface area contributed by atoms with E-state index < -0.39 is 6.10 Å². The molecule has 4 aromatic rings. The molecule has 0 fully saturated rings. The van der Waals surface area contributed by atoms with Crippen LogP contribution in [-0.2, 0) is 6.54 Å². The van der Waals surface area contributed by atoms with Crippen LogP contribution >= 0.6 is 0 Å². The molecule has 0 unspecified atom stereocenters. The van der Waals surface area contributed by atoms with E-state index in [1.807, 2.05) is 42.5 Å². The van der Waals surface area contributed by atoms with Gasteiger partial charge in [-0.15, -0.1) is 0 Å². The highest BCUT2D eigenvalue weighted by molar-refractivity contribution is 6.07. The highest BCUT2D eigenvalue weighted by atomic mass is 16.3. The van der Waals surface area contributed by atoms with Gasteiger partial charge >= 0.3 is 0 Å². The minimum absolute atomic E-state index is 0.468. The van der Waals surface area contributed by atoms with Gasteiger partial charge in [0.1, 0.15) is 0 Å². The van der Waals surface area contributed by atoms with E-state index in [-0.39, 0.29) is 0 Å². The lowest BCUT2D eigenvalue weighted by Crippen LogP contribution is -2.24. The van der Waals surface area contributed by atoms with Crippen LogP contribution in [0, 0.1) is 0 Å². The molecule has 0 saturated carbocycles. The first kappa shape index (κ1) is 14.8. The molecule has 3 heteroatoms. The van der Waals surface area contributed by atoms with Gasteiger partial charge in [-0.2, -0.15) is 0 Å². The Bertz CT molecular complexity index is 906. The van der Waals surface area contributed by atoms with Crippen molar-refractivity contribution in [2.45, 2.75) is 12.6 Å². The van der Waals surface area contributed by atoms with Gasteiger partial charge in [-0.25, -0.2) is 0 Å². The first-order valence-electron chi connectivity index (χ1n) is 8.26. The van der Waals surface area contributed by atoms with E-state index >= 15 is 0 Å². The molecule has 0 radical (unpaired) electrons. The summed E-state index contributed by atoms with van der Waals surface area (Å²) >= 11 is 0. The zero-order valence-electron chi connectivity index (χ0n) is 13.4. The van der Waals surface area contributed by atoms with Crippen LogP contribution in [0.3, 0.4) is 0 Å². The number of aliphatic hydroxyl groups excluding tert-OH is 1. The van der Waals surface area contributed by atoms with Crippen molar-refractivity contribution in [1.29, 1.82) is 0 Å². The topological polar surface area (TPSA) is 37.2 Å². The van der Waals surface area contributed by atoms with Crippen molar-refractivity contribution in [3.63, 3.8) is 0 Å². The van der Waals surface area contributed by atoms with Crippen molar-refractivity contribution in [1.82, 2.24) is 4.57 Å². The molecule has 3 aromatic carbocycles. The number of aromatic nitrogens is 1. The number of anilines is 1. The lowest BCUT2D eigenvalue weighted by Gasteiger charge is -2.15. The average Bonchev–Trinajstić information content (AvgIpc) is 2.95. The molecule has 24 heavy (non-hydrogen) atoms. The number of hydrogen-bond donors (Lipinski definition) is 2. The summed E-state index contributed by atoms with van der Waals surface area (Å²) < 4.78 is 2.21. The molecule has 0 amide bonds. The highest BCUT2D eigenvalue weighted by Crippen LogP contribution is 2.28. The molecule has 1 heterocycles. The third-order valence-corrected chi connectivity index (χ3v) is 4.39. The van der Waals surface area contributed by atoms with Gasteiger partial charge < -0.3 is 15.0 Å². The Morgan fingerprint density at radius 3 is 1.92 bits per heavy atom. The monoisotopic (exact) mass is 316 g/mol. The first-order valence-corrected chi connectivity index (χ1v) is 8.26. The zero-order chi connectivity index (χ0) is 16.4. The SMILES string of the molecule is O[C@H](CNc1ccccc1)Cn1c2ccccc2c2ccccc21. The van der Waals surface area contributed by atoms with Crippen LogP contribution in [0.2, 0.25) is 0 Å². The second-order valence-electron chi connectivity index (χ2n) is 6.05. The van der Waals surface area contributed by atoms with Crippen LogP contribution in [0.1, 0.15) is 0 Å². The zero-order valence-corrected chi connectivity index (χ0v) is 13.4. The molecule has 1 aromatic heterocycles. The molecule has 0 spiro atoms. The maximum atomic E-state index is 10.5. The predicted molar refractivity (Wildman–Crippen MR) is 100 cm³/mol. The summed E-state index contributed by atoms with van der Waals surface area (Å²) in [6, 6.07) is 26.7. The standard InChI is InChI=1S/C21H20N2O/c24-17(14-22-16-8-2-1-3-9-16)15-23-20-12-6-4-10-18(20)19-11-5-7-13-21(19)23/h1-13,17,22,24H,14-15H2/t17-/m1/s1. The van der Waals surface area contributed by atoms with E-state index in [1.54, 1.807) is 0 Å². The molecule has 3 nitrogen and oxygen atoms in total. The lowest BCUT2D eigenvalue weighted by molar-refractivity contribution is 0.169. The maximum Gasteiger partial charge on any atom is 0.0891 e. The van der Waals surface area contributed by atoms with Gasteiger partial charge in [-0.05, 0) is 24.3 Å². The number of nitrogens with zero attached hydrogens (tertiary/aromatic N) is 1. The largest absolute Gasteiger partial charge is 0.389 e. The summed E-state index contributed by atoms with van der Waals surface area (Å²) in [6.07, 6.45) is -0.468. The quantitative estimate of drug-likeness (QED) is 0.577. The fraction of sp³-hybridized carbons (Fsp3) is 0.143. The number of aliphatic hydroxyl groups is 1. The number of benzene rings is 3. The number of fused-ring (bicyclic) bond motifs is 3. The minimum Gasteiger partial charge on any atom is -0.389 e. The van der Waals surface area contributed by atoms with Gasteiger partial charge in [-0.1, -0.05) is 54.6 Å². The number of nitrogens with one attached hydrogen (secondary N) is 1. The highest BCUT2D eigenvalue weighted by Gasteiger charge is 2.13. The van der Waals surface area contributed by atoms with E-state index in [0.717, 1.165) is 16.7 Å². The predicted octanol–water partition coefficient (Wildman–Crippen LogP) is 4.27. The molecule has 0 saturated heterocycles. The van der Waals surface area contributed by atoms with Gasteiger partial charge in [0.05, 0.1) is 12.6 Å². The third kappa shape index (κ3) is 2.74. The van der Waals surface area contributed by atoms with Crippen molar-refractivity contribution < 1.29 is 5.11 Å². The second-order valence-corrected chi connectivity index (χ2v) is 6.05. The number of hydrogen-bond acceptors (Lipinski definition) is 2. The Morgan fingerprint density at radius 2 is 1.29 bits per heavy atom. The second kappa shape index (κ2) is 6.38. The third-order valence-electron chi connectivity index (χ3n) is 4.39. The van der Waals surface area contributed by atoms with E-state index in [0.29, 0.717) is 13.1 Å². The fourth-order valence-corrected chi connectivity index (χ4v) is 3.27. The Balaban J connectivity index is 1.61. The number of para-hydroxylation sites is 3. The summed E-state index contributed by atoms with van der Waals surface area (Å²) in [5.41, 5.74) is 3.36. The Kier molecular flexibility index (Phi) is 3.93. The van der Waals surface area contributed by atoms with Gasteiger partial charge in [0.15, 0.2) is 0 Å². The average molecular weight is 316 g/mol. The van der Waals surface area contributed by atoms with Gasteiger partial charge in [0.2, 0.25) is 0 Å². The Hall–Kier alpha value is -2.78. The maximum absolute atomic E-state index is 10.5. The Morgan fingerprint density at radius 1 is 0.750 bits per heavy atom. The summed E-state index contributed by atoms with van der Waals surface area (Å²) in [5, 5.41) is 16.3. The van der Waals surface area contributed by atoms with Gasteiger partial charge in [0, 0.05) is 34.0 Å².